The van der Waals surface area contributed by atoms with Crippen LogP contribution in [0.4, 0.5) is 13.2 Å². The number of piperazine rings is 1. The van der Waals surface area contributed by atoms with Gasteiger partial charge in [0.25, 0.3) is 5.91 Å². The van der Waals surface area contributed by atoms with E-state index >= 15 is 0 Å². The van der Waals surface area contributed by atoms with Crippen molar-refractivity contribution in [2.45, 2.75) is 11.3 Å². The smallest absolute Gasteiger partial charge is 0.406 e. The molecule has 2 heterocycles. The number of rotatable bonds is 5. The number of amides is 1. The monoisotopic (exact) mass is 480 g/mol. The van der Waals surface area contributed by atoms with E-state index < -0.39 is 22.1 Å². The first-order chi connectivity index (χ1) is 15.6. The summed E-state index contributed by atoms with van der Waals surface area (Å²) in [6.07, 6.45) is -1.42. The predicted molar refractivity (Wildman–Crippen MR) is 111 cm³/mol. The third-order valence-corrected chi connectivity index (χ3v) is 7.02. The van der Waals surface area contributed by atoms with Crippen molar-refractivity contribution in [3.8, 4) is 11.4 Å². The van der Waals surface area contributed by atoms with Crippen LogP contribution in [0.5, 0.6) is 5.75 Å². The molecule has 1 amide bonds. The normalized spacial score (nSPS) is 15.4. The van der Waals surface area contributed by atoms with Crippen molar-refractivity contribution in [2.75, 3.05) is 26.2 Å². The lowest BCUT2D eigenvalue weighted by Crippen LogP contribution is -2.50. The van der Waals surface area contributed by atoms with E-state index in [1.165, 1.54) is 4.31 Å². The molecule has 1 aliphatic rings. The number of aromatic nitrogens is 2. The Kier molecular flexibility index (Phi) is 6.13. The molecule has 0 bridgehead atoms. The lowest BCUT2D eigenvalue weighted by molar-refractivity contribution is -0.274. The largest absolute Gasteiger partial charge is 0.573 e. The van der Waals surface area contributed by atoms with Gasteiger partial charge in [-0.3, -0.25) is 4.79 Å². The van der Waals surface area contributed by atoms with E-state index in [1.54, 1.807) is 52.3 Å². The quantitative estimate of drug-likeness (QED) is 0.561. The van der Waals surface area contributed by atoms with E-state index in [1.807, 2.05) is 0 Å². The van der Waals surface area contributed by atoms with E-state index in [0.29, 0.717) is 5.56 Å². The fraction of sp³-hybridized carbons (Fsp3) is 0.238. The zero-order valence-corrected chi connectivity index (χ0v) is 18.0. The number of ether oxygens (including phenoxy) is 1. The predicted octanol–water partition coefficient (Wildman–Crippen LogP) is 2.92. The Hall–Kier alpha value is -3.38. The van der Waals surface area contributed by atoms with E-state index in [2.05, 4.69) is 9.84 Å². The molecular weight excluding hydrogens is 461 g/mol. The van der Waals surface area contributed by atoms with Crippen LogP contribution in [0.3, 0.4) is 0 Å². The van der Waals surface area contributed by atoms with Crippen molar-refractivity contribution in [3.63, 3.8) is 0 Å². The van der Waals surface area contributed by atoms with E-state index in [-0.39, 0.29) is 37.0 Å². The van der Waals surface area contributed by atoms with Crippen LogP contribution in [0.15, 0.2) is 71.9 Å². The van der Waals surface area contributed by atoms with Gasteiger partial charge in [0.1, 0.15) is 5.75 Å². The minimum atomic E-state index is -4.86. The number of benzene rings is 2. The Labute approximate surface area is 187 Å². The minimum absolute atomic E-state index is 0.0697. The highest BCUT2D eigenvalue weighted by Gasteiger charge is 2.33. The number of nitrogens with zero attached hydrogens (tertiary/aromatic N) is 4. The van der Waals surface area contributed by atoms with Gasteiger partial charge in [-0.1, -0.05) is 0 Å². The molecule has 174 valence electrons. The van der Waals surface area contributed by atoms with Gasteiger partial charge >= 0.3 is 6.36 Å². The maximum absolute atomic E-state index is 12.8. The molecule has 3 aromatic rings. The maximum atomic E-state index is 12.8. The summed E-state index contributed by atoms with van der Waals surface area (Å²) in [5.74, 6) is -0.719. The highest BCUT2D eigenvalue weighted by molar-refractivity contribution is 7.89. The number of sulfonamides is 1. The van der Waals surface area contributed by atoms with Gasteiger partial charge in [0.05, 0.1) is 10.6 Å². The van der Waals surface area contributed by atoms with E-state index in [9.17, 15) is 26.4 Å². The van der Waals surface area contributed by atoms with Gasteiger partial charge in [-0.05, 0) is 54.6 Å². The molecule has 12 heteroatoms. The molecule has 33 heavy (non-hydrogen) atoms. The molecule has 4 rings (SSSR count). The number of hydrogen-bond acceptors (Lipinski definition) is 5. The molecule has 0 atom stereocenters. The van der Waals surface area contributed by atoms with Crippen LogP contribution in [0, 0.1) is 0 Å². The molecule has 0 radical (unpaired) electrons. The SMILES string of the molecule is O=C(c1ccc(-n2cccn2)cc1)N1CCN(S(=O)(=O)c2ccc(OC(F)(F)F)cc2)CC1. The number of alkyl halides is 3. The second kappa shape index (κ2) is 8.87. The molecule has 1 saturated heterocycles. The number of halogens is 3. The fourth-order valence-electron chi connectivity index (χ4n) is 3.45. The summed E-state index contributed by atoms with van der Waals surface area (Å²) in [6.45, 7) is 0.517. The molecule has 1 aliphatic heterocycles. The molecule has 8 nitrogen and oxygen atoms in total. The standard InChI is InChI=1S/C21H19F3N4O4S/c22-21(23,24)32-18-6-8-19(9-7-18)33(30,31)27-14-12-26(13-15-27)20(29)16-2-4-17(5-3-16)28-11-1-10-25-28/h1-11H,12-15H2. The lowest BCUT2D eigenvalue weighted by atomic mass is 10.1. The van der Waals surface area contributed by atoms with E-state index in [0.717, 1.165) is 30.0 Å². The van der Waals surface area contributed by atoms with Gasteiger partial charge in [-0.15, -0.1) is 13.2 Å². The van der Waals surface area contributed by atoms with Crippen LogP contribution in [0.25, 0.3) is 5.69 Å². The third kappa shape index (κ3) is 5.17. The Balaban J connectivity index is 1.38. The molecule has 0 saturated carbocycles. The van der Waals surface area contributed by atoms with Crippen molar-refractivity contribution in [1.82, 2.24) is 19.0 Å². The molecule has 2 aromatic carbocycles. The van der Waals surface area contributed by atoms with Crippen molar-refractivity contribution in [1.29, 1.82) is 0 Å². The Bertz CT molecular complexity index is 1200. The van der Waals surface area contributed by atoms with Gasteiger partial charge in [-0.25, -0.2) is 13.1 Å². The summed E-state index contributed by atoms with van der Waals surface area (Å²) < 4.78 is 69.2. The molecule has 0 unspecified atom stereocenters. The summed E-state index contributed by atoms with van der Waals surface area (Å²) in [4.78, 5) is 14.2. The minimum Gasteiger partial charge on any atom is -0.406 e. The summed E-state index contributed by atoms with van der Waals surface area (Å²) in [6, 6.07) is 12.7. The van der Waals surface area contributed by atoms with Crippen LogP contribution in [0.1, 0.15) is 10.4 Å². The lowest BCUT2D eigenvalue weighted by Gasteiger charge is -2.34. The van der Waals surface area contributed by atoms with Crippen LogP contribution in [0.2, 0.25) is 0 Å². The summed E-state index contributed by atoms with van der Waals surface area (Å²) in [5, 5.41) is 4.13. The molecule has 0 aliphatic carbocycles. The first-order valence-electron chi connectivity index (χ1n) is 9.89. The topological polar surface area (TPSA) is 84.7 Å². The molecule has 0 N–H and O–H groups in total. The van der Waals surface area contributed by atoms with Crippen molar-refractivity contribution in [3.05, 3.63) is 72.6 Å². The molecule has 0 spiro atoms. The fourth-order valence-corrected chi connectivity index (χ4v) is 4.88. The van der Waals surface area contributed by atoms with Gasteiger partial charge in [0.15, 0.2) is 0 Å². The Morgan fingerprint density at radius 1 is 0.939 bits per heavy atom. The summed E-state index contributed by atoms with van der Waals surface area (Å²) >= 11 is 0. The number of carbonyl (C=O) groups is 1. The van der Waals surface area contributed by atoms with Crippen molar-refractivity contribution < 1.29 is 31.1 Å². The van der Waals surface area contributed by atoms with Crippen molar-refractivity contribution in [2.24, 2.45) is 0 Å². The second-order valence-electron chi connectivity index (χ2n) is 7.21. The molecular formula is C21H19F3N4O4S. The van der Waals surface area contributed by atoms with Crippen LogP contribution in [-0.4, -0.2) is 65.9 Å². The van der Waals surface area contributed by atoms with Gasteiger partial charge < -0.3 is 9.64 Å². The average Bonchev–Trinajstić information content (AvgIpc) is 3.33. The summed E-state index contributed by atoms with van der Waals surface area (Å²) in [7, 11) is -3.92. The van der Waals surface area contributed by atoms with Crippen LogP contribution >= 0.6 is 0 Å². The summed E-state index contributed by atoms with van der Waals surface area (Å²) in [5.41, 5.74) is 1.28. The van der Waals surface area contributed by atoms with Crippen LogP contribution < -0.4 is 4.74 Å². The van der Waals surface area contributed by atoms with Crippen LogP contribution in [-0.2, 0) is 10.0 Å². The Morgan fingerprint density at radius 3 is 2.12 bits per heavy atom. The zero-order valence-electron chi connectivity index (χ0n) is 17.1. The zero-order chi connectivity index (χ0) is 23.6. The number of carbonyl (C=O) groups excluding carboxylic acids is 1. The number of hydrogen-bond donors (Lipinski definition) is 0. The second-order valence-corrected chi connectivity index (χ2v) is 9.15. The van der Waals surface area contributed by atoms with Crippen molar-refractivity contribution >= 4 is 15.9 Å². The van der Waals surface area contributed by atoms with Gasteiger partial charge in [0.2, 0.25) is 10.0 Å². The highest BCUT2D eigenvalue weighted by atomic mass is 32.2. The Morgan fingerprint density at radius 2 is 1.58 bits per heavy atom. The maximum Gasteiger partial charge on any atom is 0.573 e. The van der Waals surface area contributed by atoms with E-state index in [4.69, 9.17) is 0 Å². The first-order valence-corrected chi connectivity index (χ1v) is 11.3. The van der Waals surface area contributed by atoms with Gasteiger partial charge in [0, 0.05) is 44.1 Å². The highest BCUT2D eigenvalue weighted by Crippen LogP contribution is 2.25. The molecule has 1 aromatic heterocycles. The molecule has 1 fully saturated rings. The third-order valence-electron chi connectivity index (χ3n) is 5.10. The first kappa shape index (κ1) is 22.8. The average molecular weight is 480 g/mol. The van der Waals surface area contributed by atoms with Gasteiger partial charge in [-0.2, -0.15) is 9.40 Å².